The second kappa shape index (κ2) is 8.49. The SMILES string of the molecule is Cc1ccc(NC(=O)[C@@H]2CCCN(C(=O)c3cc(-c4ccncc4)n[nH]3)C2)cc1C. The third-order valence-corrected chi connectivity index (χ3v) is 5.64. The molecule has 4 rings (SSSR count). The first-order chi connectivity index (χ1) is 14.5. The highest BCUT2D eigenvalue weighted by molar-refractivity contribution is 5.96. The number of likely N-dealkylation sites (tertiary alicyclic amines) is 1. The van der Waals surface area contributed by atoms with Crippen LogP contribution in [0, 0.1) is 19.8 Å². The number of pyridine rings is 1. The number of carbonyl (C=O) groups excluding carboxylic acids is 2. The molecule has 154 valence electrons. The van der Waals surface area contributed by atoms with Crippen molar-refractivity contribution < 1.29 is 9.59 Å². The Hall–Kier alpha value is -3.48. The molecular formula is C23H25N5O2. The fourth-order valence-electron chi connectivity index (χ4n) is 3.71. The number of piperidine rings is 1. The quantitative estimate of drug-likeness (QED) is 0.697. The fourth-order valence-corrected chi connectivity index (χ4v) is 3.71. The predicted octanol–water partition coefficient (Wildman–Crippen LogP) is 3.58. The van der Waals surface area contributed by atoms with Gasteiger partial charge in [0.2, 0.25) is 5.91 Å². The van der Waals surface area contributed by atoms with Crippen molar-refractivity contribution in [2.24, 2.45) is 5.92 Å². The standard InChI is InChI=1S/C23H25N5O2/c1-15-5-6-19(12-16(15)2)25-22(29)18-4-3-11-28(14-18)23(30)21-13-20(26-27-21)17-7-9-24-10-8-17/h5-10,12-13,18H,3-4,11,14H2,1-2H3,(H,25,29)(H,26,27)/t18-/m1/s1. The van der Waals surface area contributed by atoms with E-state index in [1.54, 1.807) is 23.4 Å². The van der Waals surface area contributed by atoms with Crippen LogP contribution in [0.4, 0.5) is 5.69 Å². The smallest absolute Gasteiger partial charge is 0.271 e. The van der Waals surface area contributed by atoms with Crippen LogP contribution in [-0.2, 0) is 4.79 Å². The zero-order valence-electron chi connectivity index (χ0n) is 17.2. The minimum atomic E-state index is -0.230. The van der Waals surface area contributed by atoms with E-state index in [-0.39, 0.29) is 17.7 Å². The van der Waals surface area contributed by atoms with Gasteiger partial charge in [-0.3, -0.25) is 19.7 Å². The molecule has 7 heteroatoms. The van der Waals surface area contributed by atoms with Crippen LogP contribution < -0.4 is 5.32 Å². The van der Waals surface area contributed by atoms with Crippen molar-refractivity contribution in [3.8, 4) is 11.3 Å². The molecule has 3 heterocycles. The number of amides is 2. The van der Waals surface area contributed by atoms with E-state index in [1.165, 1.54) is 5.56 Å². The predicted molar refractivity (Wildman–Crippen MR) is 115 cm³/mol. The fraction of sp³-hybridized carbons (Fsp3) is 0.304. The third-order valence-electron chi connectivity index (χ3n) is 5.64. The van der Waals surface area contributed by atoms with E-state index in [4.69, 9.17) is 0 Å². The normalized spacial score (nSPS) is 16.3. The largest absolute Gasteiger partial charge is 0.337 e. The number of benzene rings is 1. The van der Waals surface area contributed by atoms with Gasteiger partial charge in [0.15, 0.2) is 0 Å². The number of nitrogens with zero attached hydrogens (tertiary/aromatic N) is 3. The second-order valence-corrected chi connectivity index (χ2v) is 7.78. The van der Waals surface area contributed by atoms with Crippen LogP contribution in [0.2, 0.25) is 0 Å². The molecule has 1 aromatic carbocycles. The van der Waals surface area contributed by atoms with Crippen LogP contribution in [0.3, 0.4) is 0 Å². The molecule has 0 spiro atoms. The van der Waals surface area contributed by atoms with E-state index in [0.717, 1.165) is 29.7 Å². The monoisotopic (exact) mass is 403 g/mol. The number of aryl methyl sites for hydroxylation is 2. The lowest BCUT2D eigenvalue weighted by Crippen LogP contribution is -2.43. The number of carbonyl (C=O) groups is 2. The second-order valence-electron chi connectivity index (χ2n) is 7.78. The number of H-pyrrole nitrogens is 1. The van der Waals surface area contributed by atoms with Crippen molar-refractivity contribution in [2.45, 2.75) is 26.7 Å². The molecule has 0 bridgehead atoms. The van der Waals surface area contributed by atoms with Gasteiger partial charge in [-0.25, -0.2) is 0 Å². The summed E-state index contributed by atoms with van der Waals surface area (Å²) in [6.07, 6.45) is 4.94. The van der Waals surface area contributed by atoms with Gasteiger partial charge < -0.3 is 10.2 Å². The summed E-state index contributed by atoms with van der Waals surface area (Å²) in [6.45, 7) is 5.10. The highest BCUT2D eigenvalue weighted by Gasteiger charge is 2.29. The van der Waals surface area contributed by atoms with Gasteiger partial charge in [-0.1, -0.05) is 6.07 Å². The summed E-state index contributed by atoms with van der Waals surface area (Å²) >= 11 is 0. The number of nitrogens with one attached hydrogen (secondary N) is 2. The van der Waals surface area contributed by atoms with Gasteiger partial charge in [0.05, 0.1) is 11.6 Å². The first-order valence-corrected chi connectivity index (χ1v) is 10.1. The average Bonchev–Trinajstić information content (AvgIpc) is 3.27. The van der Waals surface area contributed by atoms with Crippen LogP contribution in [0.15, 0.2) is 48.8 Å². The van der Waals surface area contributed by atoms with Crippen LogP contribution in [0.25, 0.3) is 11.3 Å². The van der Waals surface area contributed by atoms with Crippen LogP contribution in [0.5, 0.6) is 0 Å². The molecule has 3 aromatic rings. The topological polar surface area (TPSA) is 91.0 Å². The van der Waals surface area contributed by atoms with Crippen molar-refractivity contribution in [3.05, 3.63) is 65.6 Å². The van der Waals surface area contributed by atoms with Gasteiger partial charge in [-0.2, -0.15) is 5.10 Å². The number of hydrogen-bond donors (Lipinski definition) is 2. The van der Waals surface area contributed by atoms with Gasteiger partial charge in [0.25, 0.3) is 5.91 Å². The van der Waals surface area contributed by atoms with Crippen LogP contribution >= 0.6 is 0 Å². The summed E-state index contributed by atoms with van der Waals surface area (Å²) in [6, 6.07) is 11.3. The molecule has 1 aliphatic rings. The highest BCUT2D eigenvalue weighted by Crippen LogP contribution is 2.23. The molecule has 1 atom stereocenters. The van der Waals surface area contributed by atoms with Gasteiger partial charge >= 0.3 is 0 Å². The Morgan fingerprint density at radius 1 is 1.10 bits per heavy atom. The number of aromatic nitrogens is 3. The van der Waals surface area contributed by atoms with Crippen molar-refractivity contribution in [3.63, 3.8) is 0 Å². The minimum Gasteiger partial charge on any atom is -0.337 e. The number of hydrogen-bond acceptors (Lipinski definition) is 4. The molecule has 30 heavy (non-hydrogen) atoms. The zero-order chi connectivity index (χ0) is 21.1. The summed E-state index contributed by atoms with van der Waals surface area (Å²) in [7, 11) is 0. The molecule has 1 saturated heterocycles. The van der Waals surface area contributed by atoms with Crippen molar-refractivity contribution in [2.75, 3.05) is 18.4 Å². The Balaban J connectivity index is 1.42. The van der Waals surface area contributed by atoms with Crippen molar-refractivity contribution >= 4 is 17.5 Å². The van der Waals surface area contributed by atoms with Gasteiger partial charge in [0.1, 0.15) is 5.69 Å². The molecule has 2 amide bonds. The third kappa shape index (κ3) is 4.25. The van der Waals surface area contributed by atoms with E-state index in [9.17, 15) is 9.59 Å². The Kier molecular flexibility index (Phi) is 5.61. The summed E-state index contributed by atoms with van der Waals surface area (Å²) in [4.78, 5) is 31.5. The van der Waals surface area contributed by atoms with Crippen molar-refractivity contribution in [1.29, 1.82) is 0 Å². The summed E-state index contributed by atoms with van der Waals surface area (Å²) in [5.41, 5.74) is 5.14. The molecule has 0 saturated carbocycles. The van der Waals surface area contributed by atoms with E-state index in [2.05, 4.69) is 20.5 Å². The summed E-state index contributed by atoms with van der Waals surface area (Å²) < 4.78 is 0. The van der Waals surface area contributed by atoms with Crippen LogP contribution in [0.1, 0.15) is 34.5 Å². The van der Waals surface area contributed by atoms with Crippen molar-refractivity contribution in [1.82, 2.24) is 20.1 Å². The first kappa shape index (κ1) is 19.8. The van der Waals surface area contributed by atoms with Crippen LogP contribution in [-0.4, -0.2) is 45.0 Å². The molecule has 1 fully saturated rings. The van der Waals surface area contributed by atoms with E-state index in [1.807, 2.05) is 44.2 Å². The zero-order valence-corrected chi connectivity index (χ0v) is 17.2. The molecule has 0 unspecified atom stereocenters. The van der Waals surface area contributed by atoms with E-state index in [0.29, 0.717) is 24.5 Å². The van der Waals surface area contributed by atoms with Gasteiger partial charge in [0, 0.05) is 36.7 Å². The number of anilines is 1. The lowest BCUT2D eigenvalue weighted by Gasteiger charge is -2.31. The summed E-state index contributed by atoms with van der Waals surface area (Å²) in [5, 5.41) is 10.1. The minimum absolute atomic E-state index is 0.0437. The lowest BCUT2D eigenvalue weighted by molar-refractivity contribution is -0.121. The maximum atomic E-state index is 13.0. The molecular weight excluding hydrogens is 378 g/mol. The Morgan fingerprint density at radius 2 is 1.90 bits per heavy atom. The highest BCUT2D eigenvalue weighted by atomic mass is 16.2. The Morgan fingerprint density at radius 3 is 2.67 bits per heavy atom. The van der Waals surface area contributed by atoms with E-state index < -0.39 is 0 Å². The Bertz CT molecular complexity index is 1060. The molecule has 2 N–H and O–H groups in total. The lowest BCUT2D eigenvalue weighted by atomic mass is 9.96. The molecule has 7 nitrogen and oxygen atoms in total. The number of aromatic amines is 1. The maximum absolute atomic E-state index is 13.0. The maximum Gasteiger partial charge on any atom is 0.271 e. The summed E-state index contributed by atoms with van der Waals surface area (Å²) in [5.74, 6) is -0.406. The van der Waals surface area contributed by atoms with Gasteiger partial charge in [-0.05, 0) is 68.1 Å². The Labute approximate surface area is 175 Å². The van der Waals surface area contributed by atoms with E-state index >= 15 is 0 Å². The van der Waals surface area contributed by atoms with Gasteiger partial charge in [-0.15, -0.1) is 0 Å². The average molecular weight is 403 g/mol. The molecule has 0 aliphatic carbocycles. The first-order valence-electron chi connectivity index (χ1n) is 10.1. The number of rotatable bonds is 4. The molecule has 2 aromatic heterocycles. The molecule has 0 radical (unpaired) electrons. The molecule has 1 aliphatic heterocycles.